The molecule has 11 unspecified atom stereocenters. The van der Waals surface area contributed by atoms with Gasteiger partial charge in [0, 0.05) is 6.92 Å². The number of hydrogen-bond donors (Lipinski definition) is 0. The lowest BCUT2D eigenvalue weighted by Crippen LogP contribution is -2.56. The molecule has 0 bridgehead atoms. The first-order valence-corrected chi connectivity index (χ1v) is 14.8. The molecule has 0 aliphatic heterocycles. The number of allylic oxidation sites excluding steroid dienone is 2. The predicted octanol–water partition coefficient (Wildman–Crippen LogP) is 8.70. The van der Waals surface area contributed by atoms with Gasteiger partial charge < -0.3 is 4.74 Å². The van der Waals surface area contributed by atoms with Crippen molar-refractivity contribution in [3.8, 4) is 0 Å². The van der Waals surface area contributed by atoms with Crippen molar-refractivity contribution in [1.29, 1.82) is 0 Å². The molecule has 4 saturated carbocycles. The van der Waals surface area contributed by atoms with E-state index in [1.807, 2.05) is 0 Å². The van der Waals surface area contributed by atoms with E-state index in [9.17, 15) is 4.79 Å². The van der Waals surface area contributed by atoms with Gasteiger partial charge in [0.1, 0.15) is 6.10 Å². The standard InChI is InChI=1S/C32H54O2/c1-19(2)22(5)20(3)18-21(4)26-12-13-28-25-10-11-27-23(6)30(34-24(7)33)15-17-32(27,9)29(25)14-16-31(26,28)8/h18-19,21-23,25-30H,10-17H2,1-9H3. The Hall–Kier alpha value is -0.790. The summed E-state index contributed by atoms with van der Waals surface area (Å²) >= 11 is 0. The third-order valence-corrected chi connectivity index (χ3v) is 12.4. The molecule has 0 aromatic carbocycles. The number of carbonyl (C=O) groups is 1. The number of rotatable bonds is 5. The number of hydrogen-bond acceptors (Lipinski definition) is 2. The molecule has 194 valence electrons. The molecule has 4 fully saturated rings. The van der Waals surface area contributed by atoms with E-state index < -0.39 is 0 Å². The first kappa shape index (κ1) is 26.3. The lowest BCUT2D eigenvalue weighted by atomic mass is 9.43. The van der Waals surface area contributed by atoms with Gasteiger partial charge in [-0.1, -0.05) is 60.1 Å². The van der Waals surface area contributed by atoms with E-state index in [2.05, 4.69) is 61.5 Å². The molecule has 4 aliphatic rings. The summed E-state index contributed by atoms with van der Waals surface area (Å²) in [5, 5.41) is 0. The van der Waals surface area contributed by atoms with Gasteiger partial charge in [0.25, 0.3) is 0 Å². The van der Waals surface area contributed by atoms with E-state index in [-0.39, 0.29) is 12.1 Å². The molecule has 0 aromatic heterocycles. The largest absolute Gasteiger partial charge is 0.462 e. The molecule has 0 aromatic rings. The molecule has 0 saturated heterocycles. The zero-order chi connectivity index (χ0) is 25.0. The topological polar surface area (TPSA) is 26.3 Å². The molecular weight excluding hydrogens is 416 g/mol. The minimum Gasteiger partial charge on any atom is -0.462 e. The Labute approximate surface area is 211 Å². The van der Waals surface area contributed by atoms with Crippen molar-refractivity contribution in [3.63, 3.8) is 0 Å². The number of esters is 1. The molecule has 0 spiro atoms. The van der Waals surface area contributed by atoms with Crippen LogP contribution in [0.15, 0.2) is 11.6 Å². The van der Waals surface area contributed by atoms with Gasteiger partial charge in [0.15, 0.2) is 0 Å². The number of fused-ring (bicyclic) bond motifs is 5. The quantitative estimate of drug-likeness (QED) is 0.297. The van der Waals surface area contributed by atoms with Gasteiger partial charge in [-0.3, -0.25) is 4.79 Å². The number of carbonyl (C=O) groups excluding carboxylic acids is 1. The molecular formula is C32H54O2. The maximum absolute atomic E-state index is 11.7. The summed E-state index contributed by atoms with van der Waals surface area (Å²) in [6.45, 7) is 21.3. The van der Waals surface area contributed by atoms with Crippen molar-refractivity contribution >= 4 is 5.97 Å². The fourth-order valence-corrected chi connectivity index (χ4v) is 10.2. The van der Waals surface area contributed by atoms with Crippen LogP contribution in [0.1, 0.15) is 114 Å². The van der Waals surface area contributed by atoms with E-state index in [1.165, 1.54) is 44.9 Å². The zero-order valence-corrected chi connectivity index (χ0v) is 23.8. The van der Waals surface area contributed by atoms with Crippen LogP contribution in [0, 0.1) is 64.1 Å². The SMILES string of the molecule is CC(=O)OC1CCC2(C)C(CCC3C4CCC(C(C)C=C(C)C(C)C(C)C)C4(C)CCC32)C1C. The Bertz CT molecular complexity index is 782. The van der Waals surface area contributed by atoms with Crippen molar-refractivity contribution in [1.82, 2.24) is 0 Å². The molecule has 4 rings (SSSR count). The fraction of sp³-hybridized carbons (Fsp3) is 0.906. The summed E-state index contributed by atoms with van der Waals surface area (Å²) in [6, 6.07) is 0. The lowest BCUT2D eigenvalue weighted by Gasteiger charge is -2.62. The third-order valence-electron chi connectivity index (χ3n) is 12.4. The lowest BCUT2D eigenvalue weighted by molar-refractivity contribution is -0.173. The molecule has 0 radical (unpaired) electrons. The highest BCUT2D eigenvalue weighted by atomic mass is 16.5. The van der Waals surface area contributed by atoms with E-state index in [1.54, 1.807) is 12.5 Å². The highest BCUT2D eigenvalue weighted by Gasteiger charge is 2.61. The van der Waals surface area contributed by atoms with Gasteiger partial charge in [0.2, 0.25) is 0 Å². The second kappa shape index (κ2) is 9.59. The van der Waals surface area contributed by atoms with Crippen molar-refractivity contribution in [3.05, 3.63) is 11.6 Å². The number of ether oxygens (including phenoxy) is 1. The first-order valence-electron chi connectivity index (χ1n) is 14.8. The van der Waals surface area contributed by atoms with Crippen LogP contribution in [0.5, 0.6) is 0 Å². The van der Waals surface area contributed by atoms with Gasteiger partial charge >= 0.3 is 5.97 Å². The first-order chi connectivity index (χ1) is 15.9. The monoisotopic (exact) mass is 470 g/mol. The zero-order valence-electron chi connectivity index (χ0n) is 23.8. The van der Waals surface area contributed by atoms with E-state index in [0.29, 0.717) is 28.6 Å². The van der Waals surface area contributed by atoms with Crippen LogP contribution in [-0.4, -0.2) is 12.1 Å². The van der Waals surface area contributed by atoms with Gasteiger partial charge in [-0.15, -0.1) is 0 Å². The maximum atomic E-state index is 11.7. The van der Waals surface area contributed by atoms with Crippen molar-refractivity contribution < 1.29 is 9.53 Å². The summed E-state index contributed by atoms with van der Waals surface area (Å²) in [7, 11) is 0. The van der Waals surface area contributed by atoms with Crippen LogP contribution in [-0.2, 0) is 9.53 Å². The van der Waals surface area contributed by atoms with Crippen LogP contribution in [0.4, 0.5) is 0 Å². The van der Waals surface area contributed by atoms with Crippen LogP contribution in [0.25, 0.3) is 0 Å². The Kier molecular flexibility index (Phi) is 7.41. The summed E-state index contributed by atoms with van der Waals surface area (Å²) in [5.41, 5.74) is 2.56. The van der Waals surface area contributed by atoms with Gasteiger partial charge in [-0.2, -0.15) is 0 Å². The van der Waals surface area contributed by atoms with E-state index >= 15 is 0 Å². The Morgan fingerprint density at radius 3 is 2.12 bits per heavy atom. The molecule has 0 amide bonds. The van der Waals surface area contributed by atoms with Gasteiger partial charge in [0.05, 0.1) is 0 Å². The Morgan fingerprint density at radius 2 is 1.47 bits per heavy atom. The minimum absolute atomic E-state index is 0.0965. The fourth-order valence-electron chi connectivity index (χ4n) is 10.2. The van der Waals surface area contributed by atoms with Gasteiger partial charge in [-0.05, 0) is 122 Å². The summed E-state index contributed by atoms with van der Waals surface area (Å²) < 4.78 is 5.78. The molecule has 2 heteroatoms. The highest BCUT2D eigenvalue weighted by Crippen LogP contribution is 2.69. The van der Waals surface area contributed by atoms with E-state index in [4.69, 9.17) is 4.74 Å². The second-order valence-corrected chi connectivity index (χ2v) is 14.1. The summed E-state index contributed by atoms with van der Waals surface area (Å²) in [4.78, 5) is 11.7. The average molecular weight is 471 g/mol. The minimum atomic E-state index is -0.0965. The van der Waals surface area contributed by atoms with Crippen LogP contribution < -0.4 is 0 Å². The van der Waals surface area contributed by atoms with Crippen LogP contribution in [0.2, 0.25) is 0 Å². The molecule has 0 N–H and O–H groups in total. The molecule has 2 nitrogen and oxygen atoms in total. The molecule has 0 heterocycles. The molecule has 11 atom stereocenters. The van der Waals surface area contributed by atoms with Crippen molar-refractivity contribution in [2.45, 2.75) is 120 Å². The van der Waals surface area contributed by atoms with Gasteiger partial charge in [-0.25, -0.2) is 0 Å². The third kappa shape index (κ3) is 4.32. The van der Waals surface area contributed by atoms with Crippen molar-refractivity contribution in [2.75, 3.05) is 0 Å². The maximum Gasteiger partial charge on any atom is 0.302 e. The van der Waals surface area contributed by atoms with Crippen molar-refractivity contribution in [2.24, 2.45) is 64.1 Å². The second-order valence-electron chi connectivity index (χ2n) is 14.1. The molecule has 34 heavy (non-hydrogen) atoms. The summed E-state index contributed by atoms with van der Waals surface area (Å²) in [5.74, 6) is 6.76. The summed E-state index contributed by atoms with van der Waals surface area (Å²) in [6.07, 6.45) is 13.6. The van der Waals surface area contributed by atoms with E-state index in [0.717, 1.165) is 41.9 Å². The highest BCUT2D eigenvalue weighted by molar-refractivity contribution is 5.66. The molecule has 4 aliphatic carbocycles. The van der Waals surface area contributed by atoms with Crippen LogP contribution in [0.3, 0.4) is 0 Å². The smallest absolute Gasteiger partial charge is 0.302 e. The Balaban J connectivity index is 1.51. The van der Waals surface area contributed by atoms with Crippen LogP contribution >= 0.6 is 0 Å². The normalized spacial score (nSPS) is 46.3. The average Bonchev–Trinajstić information content (AvgIpc) is 3.12. The predicted molar refractivity (Wildman–Crippen MR) is 142 cm³/mol. The Morgan fingerprint density at radius 1 is 0.853 bits per heavy atom.